The second-order valence-corrected chi connectivity index (χ2v) is 4.47. The molecule has 0 fully saturated rings. The molecule has 0 amide bonds. The van der Waals surface area contributed by atoms with Crippen LogP contribution in [0, 0.1) is 0 Å². The van der Waals surface area contributed by atoms with Crippen LogP contribution in [-0.4, -0.2) is 10.2 Å². The van der Waals surface area contributed by atoms with E-state index in [1.807, 2.05) is 12.1 Å². The van der Waals surface area contributed by atoms with E-state index in [2.05, 4.69) is 29.3 Å². The quantitative estimate of drug-likeness (QED) is 0.781. The van der Waals surface area contributed by atoms with Gasteiger partial charge in [0.1, 0.15) is 5.01 Å². The van der Waals surface area contributed by atoms with Crippen molar-refractivity contribution in [2.24, 2.45) is 0 Å². The van der Waals surface area contributed by atoms with E-state index in [1.54, 1.807) is 0 Å². The molecule has 2 rings (SSSR count). The summed E-state index contributed by atoms with van der Waals surface area (Å²) in [5.41, 5.74) is 2.39. The largest absolute Gasteiger partial charge is 0.207 e. The second kappa shape index (κ2) is 4.07. The van der Waals surface area contributed by atoms with Gasteiger partial charge in [-0.3, -0.25) is 0 Å². The molecule has 0 N–H and O–H groups in total. The summed E-state index contributed by atoms with van der Waals surface area (Å²) in [5.74, 6) is 0. The summed E-state index contributed by atoms with van der Waals surface area (Å²) in [7, 11) is 0. The highest BCUT2D eigenvalue weighted by atomic mass is 35.5. The first-order valence-electron chi connectivity index (χ1n) is 4.38. The van der Waals surface area contributed by atoms with Crippen molar-refractivity contribution in [3.8, 4) is 10.6 Å². The molecule has 0 bridgehead atoms. The summed E-state index contributed by atoms with van der Waals surface area (Å²) in [6.07, 6.45) is 1.03. The van der Waals surface area contributed by atoms with E-state index in [0.29, 0.717) is 4.47 Å². The van der Waals surface area contributed by atoms with Crippen LogP contribution in [0.2, 0.25) is 4.47 Å². The highest BCUT2D eigenvalue weighted by Gasteiger charge is 2.04. The molecular formula is C10H9ClN2S. The summed E-state index contributed by atoms with van der Waals surface area (Å²) in [5, 5.41) is 8.66. The molecule has 0 radical (unpaired) electrons. The number of rotatable bonds is 2. The van der Waals surface area contributed by atoms with Gasteiger partial charge in [0.05, 0.1) is 0 Å². The van der Waals surface area contributed by atoms with E-state index >= 15 is 0 Å². The average Bonchev–Trinajstić information content (AvgIpc) is 2.65. The van der Waals surface area contributed by atoms with Gasteiger partial charge in [0.25, 0.3) is 0 Å². The summed E-state index contributed by atoms with van der Waals surface area (Å²) in [4.78, 5) is 0. The molecule has 0 saturated heterocycles. The van der Waals surface area contributed by atoms with Gasteiger partial charge < -0.3 is 0 Å². The summed E-state index contributed by atoms with van der Waals surface area (Å²) < 4.78 is 0.488. The van der Waals surface area contributed by atoms with Gasteiger partial charge in [-0.2, -0.15) is 0 Å². The SMILES string of the molecule is CCc1cccc(-c2nnc(Cl)s2)c1. The van der Waals surface area contributed by atoms with Crippen molar-refractivity contribution in [1.29, 1.82) is 0 Å². The van der Waals surface area contributed by atoms with E-state index in [9.17, 15) is 0 Å². The topological polar surface area (TPSA) is 25.8 Å². The maximum Gasteiger partial charge on any atom is 0.207 e. The fourth-order valence-electron chi connectivity index (χ4n) is 1.25. The molecule has 1 heterocycles. The molecule has 0 aliphatic heterocycles. The Labute approximate surface area is 91.6 Å². The van der Waals surface area contributed by atoms with Crippen LogP contribution in [-0.2, 0) is 6.42 Å². The van der Waals surface area contributed by atoms with E-state index < -0.39 is 0 Å². The molecule has 0 aliphatic carbocycles. The van der Waals surface area contributed by atoms with Gasteiger partial charge >= 0.3 is 0 Å². The standard InChI is InChI=1S/C10H9ClN2S/c1-2-7-4-3-5-8(6-7)9-12-13-10(11)14-9/h3-6H,2H2,1H3. The Hall–Kier alpha value is -0.930. The summed E-state index contributed by atoms with van der Waals surface area (Å²) in [6, 6.07) is 8.28. The Morgan fingerprint density at radius 2 is 2.21 bits per heavy atom. The number of halogens is 1. The van der Waals surface area contributed by atoms with Gasteiger partial charge in [-0.25, -0.2) is 0 Å². The molecule has 4 heteroatoms. The minimum Gasteiger partial charge on any atom is -0.137 e. The number of benzene rings is 1. The molecule has 0 spiro atoms. The molecule has 0 saturated carbocycles. The number of aromatic nitrogens is 2. The zero-order valence-electron chi connectivity index (χ0n) is 7.70. The first-order valence-corrected chi connectivity index (χ1v) is 5.57. The fraction of sp³-hybridized carbons (Fsp3) is 0.200. The van der Waals surface area contributed by atoms with Crippen molar-refractivity contribution in [2.45, 2.75) is 13.3 Å². The van der Waals surface area contributed by atoms with Crippen LogP contribution in [0.15, 0.2) is 24.3 Å². The van der Waals surface area contributed by atoms with Gasteiger partial charge in [-0.1, -0.05) is 36.5 Å². The van der Waals surface area contributed by atoms with Crippen molar-refractivity contribution in [3.63, 3.8) is 0 Å². The van der Waals surface area contributed by atoms with Crippen LogP contribution in [0.1, 0.15) is 12.5 Å². The number of hydrogen-bond donors (Lipinski definition) is 0. The van der Waals surface area contributed by atoms with Gasteiger partial charge in [-0.05, 0) is 29.7 Å². The minimum atomic E-state index is 0.488. The summed E-state index contributed by atoms with van der Waals surface area (Å²) in [6.45, 7) is 2.13. The lowest BCUT2D eigenvalue weighted by atomic mass is 10.1. The highest BCUT2D eigenvalue weighted by Crippen LogP contribution is 2.26. The Kier molecular flexibility index (Phi) is 2.79. The number of nitrogens with zero attached hydrogens (tertiary/aromatic N) is 2. The molecule has 1 aromatic carbocycles. The zero-order chi connectivity index (χ0) is 9.97. The molecule has 0 aliphatic rings. The zero-order valence-corrected chi connectivity index (χ0v) is 9.27. The maximum absolute atomic E-state index is 5.73. The molecule has 72 valence electrons. The van der Waals surface area contributed by atoms with E-state index in [4.69, 9.17) is 11.6 Å². The molecule has 2 aromatic rings. The predicted molar refractivity (Wildman–Crippen MR) is 59.7 cm³/mol. The van der Waals surface area contributed by atoms with Crippen LogP contribution < -0.4 is 0 Å². The number of hydrogen-bond acceptors (Lipinski definition) is 3. The minimum absolute atomic E-state index is 0.488. The van der Waals surface area contributed by atoms with E-state index in [-0.39, 0.29) is 0 Å². The van der Waals surface area contributed by atoms with Crippen LogP contribution in [0.5, 0.6) is 0 Å². The van der Waals surface area contributed by atoms with Crippen molar-refractivity contribution >= 4 is 22.9 Å². The van der Waals surface area contributed by atoms with Crippen LogP contribution in [0.25, 0.3) is 10.6 Å². The Morgan fingerprint density at radius 1 is 1.36 bits per heavy atom. The lowest BCUT2D eigenvalue weighted by Crippen LogP contribution is -1.81. The third-order valence-electron chi connectivity index (χ3n) is 1.98. The first-order chi connectivity index (χ1) is 6.79. The Morgan fingerprint density at radius 3 is 2.86 bits per heavy atom. The molecule has 0 unspecified atom stereocenters. The smallest absolute Gasteiger partial charge is 0.137 e. The Bertz CT molecular complexity index is 439. The lowest BCUT2D eigenvalue weighted by Gasteiger charge is -1.98. The summed E-state index contributed by atoms with van der Waals surface area (Å²) >= 11 is 7.13. The van der Waals surface area contributed by atoms with Crippen molar-refractivity contribution in [1.82, 2.24) is 10.2 Å². The maximum atomic E-state index is 5.73. The highest BCUT2D eigenvalue weighted by molar-refractivity contribution is 7.18. The third-order valence-corrected chi connectivity index (χ3v) is 3.05. The molecule has 2 nitrogen and oxygen atoms in total. The predicted octanol–water partition coefficient (Wildman–Crippen LogP) is 3.42. The van der Waals surface area contributed by atoms with Crippen LogP contribution in [0.3, 0.4) is 0 Å². The normalized spacial score (nSPS) is 10.4. The fourth-order valence-corrected chi connectivity index (χ4v) is 2.07. The Balaban J connectivity index is 2.41. The molecule has 14 heavy (non-hydrogen) atoms. The lowest BCUT2D eigenvalue weighted by molar-refractivity contribution is 1.09. The first kappa shape index (κ1) is 9.62. The van der Waals surface area contributed by atoms with Crippen LogP contribution >= 0.6 is 22.9 Å². The van der Waals surface area contributed by atoms with Crippen molar-refractivity contribution < 1.29 is 0 Å². The van der Waals surface area contributed by atoms with E-state index in [0.717, 1.165) is 17.0 Å². The van der Waals surface area contributed by atoms with Gasteiger partial charge in [0, 0.05) is 5.56 Å². The van der Waals surface area contributed by atoms with Crippen molar-refractivity contribution in [3.05, 3.63) is 34.3 Å². The molecular weight excluding hydrogens is 216 g/mol. The monoisotopic (exact) mass is 224 g/mol. The average molecular weight is 225 g/mol. The van der Waals surface area contributed by atoms with Gasteiger partial charge in [0.15, 0.2) is 0 Å². The van der Waals surface area contributed by atoms with Gasteiger partial charge in [0.2, 0.25) is 4.47 Å². The van der Waals surface area contributed by atoms with E-state index in [1.165, 1.54) is 16.9 Å². The second-order valence-electron chi connectivity index (χ2n) is 2.91. The molecule has 0 atom stereocenters. The third kappa shape index (κ3) is 1.94. The molecule has 1 aromatic heterocycles. The number of aryl methyl sites for hydroxylation is 1. The van der Waals surface area contributed by atoms with Gasteiger partial charge in [-0.15, -0.1) is 10.2 Å². The van der Waals surface area contributed by atoms with Crippen molar-refractivity contribution in [2.75, 3.05) is 0 Å². The van der Waals surface area contributed by atoms with Crippen LogP contribution in [0.4, 0.5) is 0 Å².